The van der Waals surface area contributed by atoms with Gasteiger partial charge in [-0.2, -0.15) is 0 Å². The van der Waals surface area contributed by atoms with Gasteiger partial charge >= 0.3 is 5.97 Å². The van der Waals surface area contributed by atoms with E-state index >= 15 is 0 Å². The normalized spacial score (nSPS) is 27.8. The first-order valence-corrected chi connectivity index (χ1v) is 6.91. The van der Waals surface area contributed by atoms with E-state index in [0.717, 1.165) is 13.0 Å². The first kappa shape index (κ1) is 13.3. The van der Waals surface area contributed by atoms with E-state index in [-0.39, 0.29) is 11.8 Å². The van der Waals surface area contributed by atoms with Gasteiger partial charge < -0.3 is 15.3 Å². The average Bonchev–Trinajstić information content (AvgIpc) is 3.16. The molecule has 2 atom stereocenters. The molecule has 5 heteroatoms. The van der Waals surface area contributed by atoms with Crippen LogP contribution in [0.25, 0.3) is 0 Å². The third-order valence-electron chi connectivity index (χ3n) is 3.84. The zero-order valence-electron chi connectivity index (χ0n) is 10.7. The van der Waals surface area contributed by atoms with Crippen molar-refractivity contribution in [2.24, 2.45) is 11.8 Å². The lowest BCUT2D eigenvalue weighted by molar-refractivity contribution is -0.140. The Hall–Kier alpha value is -1.10. The van der Waals surface area contributed by atoms with Crippen molar-refractivity contribution in [2.75, 3.05) is 26.2 Å². The highest BCUT2D eigenvalue weighted by Crippen LogP contribution is 2.38. The number of amides is 1. The number of carbonyl (C=O) groups is 2. The van der Waals surface area contributed by atoms with Crippen molar-refractivity contribution in [1.29, 1.82) is 0 Å². The molecule has 0 aromatic rings. The number of carbonyl (C=O) groups excluding carboxylic acids is 1. The summed E-state index contributed by atoms with van der Waals surface area (Å²) in [5, 5.41) is 11.6. The number of carboxylic acid groups (broad SMARTS) is 1. The molecule has 1 aliphatic carbocycles. The van der Waals surface area contributed by atoms with E-state index < -0.39 is 11.9 Å². The Bertz CT molecular complexity index is 313. The summed E-state index contributed by atoms with van der Waals surface area (Å²) in [5.41, 5.74) is 0. The van der Waals surface area contributed by atoms with Crippen molar-refractivity contribution in [3.63, 3.8) is 0 Å². The zero-order valence-corrected chi connectivity index (χ0v) is 10.7. The molecule has 18 heavy (non-hydrogen) atoms. The molecule has 2 aliphatic rings. The summed E-state index contributed by atoms with van der Waals surface area (Å²) in [7, 11) is 0. The van der Waals surface area contributed by atoms with E-state index in [0.29, 0.717) is 13.0 Å². The Kier molecular flexibility index (Phi) is 4.58. The van der Waals surface area contributed by atoms with Crippen LogP contribution >= 0.6 is 0 Å². The van der Waals surface area contributed by atoms with Crippen molar-refractivity contribution in [2.45, 2.75) is 32.1 Å². The fourth-order valence-electron chi connectivity index (χ4n) is 2.59. The van der Waals surface area contributed by atoms with Crippen molar-refractivity contribution < 1.29 is 14.7 Å². The Balaban J connectivity index is 1.53. The number of rotatable bonds is 6. The number of aliphatic carboxylic acids is 1. The molecule has 1 saturated heterocycles. The van der Waals surface area contributed by atoms with Crippen LogP contribution in [0.1, 0.15) is 32.1 Å². The number of hydrogen-bond acceptors (Lipinski definition) is 3. The van der Waals surface area contributed by atoms with Gasteiger partial charge in [0, 0.05) is 6.54 Å². The molecular formula is C13H22N2O3. The van der Waals surface area contributed by atoms with Gasteiger partial charge in [0.1, 0.15) is 0 Å². The maximum absolute atomic E-state index is 11.6. The van der Waals surface area contributed by atoms with Crippen LogP contribution in [0, 0.1) is 11.8 Å². The molecular weight excluding hydrogens is 232 g/mol. The highest BCUT2D eigenvalue weighted by atomic mass is 16.4. The first-order chi connectivity index (χ1) is 8.68. The van der Waals surface area contributed by atoms with Crippen molar-refractivity contribution >= 4 is 11.9 Å². The molecule has 2 N–H and O–H groups in total. The van der Waals surface area contributed by atoms with Gasteiger partial charge in [-0.25, -0.2) is 0 Å². The Morgan fingerprint density at radius 3 is 2.50 bits per heavy atom. The predicted octanol–water partition coefficient (Wildman–Crippen LogP) is 0.699. The van der Waals surface area contributed by atoms with Gasteiger partial charge in [0.05, 0.1) is 11.8 Å². The van der Waals surface area contributed by atoms with Crippen molar-refractivity contribution in [1.82, 2.24) is 10.2 Å². The molecule has 1 saturated carbocycles. The maximum atomic E-state index is 11.6. The molecule has 0 aromatic heterocycles. The monoisotopic (exact) mass is 254 g/mol. The van der Waals surface area contributed by atoms with Gasteiger partial charge in [0.25, 0.3) is 0 Å². The Morgan fingerprint density at radius 1 is 1.17 bits per heavy atom. The molecule has 102 valence electrons. The molecule has 0 aromatic carbocycles. The lowest BCUT2D eigenvalue weighted by atomic mass is 10.1. The van der Waals surface area contributed by atoms with Crippen LogP contribution in [0.3, 0.4) is 0 Å². The lowest BCUT2D eigenvalue weighted by Gasteiger charge is -2.26. The highest BCUT2D eigenvalue weighted by Gasteiger charge is 2.48. The summed E-state index contributed by atoms with van der Waals surface area (Å²) in [5.74, 6) is -1.64. The highest BCUT2D eigenvalue weighted by molar-refractivity contribution is 5.89. The van der Waals surface area contributed by atoms with E-state index in [1.54, 1.807) is 0 Å². The topological polar surface area (TPSA) is 69.6 Å². The number of nitrogens with zero attached hydrogens (tertiary/aromatic N) is 1. The molecule has 1 amide bonds. The van der Waals surface area contributed by atoms with Crippen molar-refractivity contribution in [3.05, 3.63) is 0 Å². The molecule has 1 aliphatic heterocycles. The summed E-state index contributed by atoms with van der Waals surface area (Å²) < 4.78 is 0. The average molecular weight is 254 g/mol. The second-order valence-electron chi connectivity index (χ2n) is 5.33. The minimum atomic E-state index is -0.844. The summed E-state index contributed by atoms with van der Waals surface area (Å²) in [6.07, 6.45) is 5.37. The standard InChI is InChI=1S/C13H22N2O3/c16-12(10-9-11(10)13(17)18)14-5-4-8-15-6-2-1-3-7-15/h10-11H,1-9H2,(H,14,16)(H,17,18). The van der Waals surface area contributed by atoms with Crippen LogP contribution in [-0.2, 0) is 9.59 Å². The smallest absolute Gasteiger partial charge is 0.307 e. The maximum Gasteiger partial charge on any atom is 0.307 e. The largest absolute Gasteiger partial charge is 0.481 e. The number of nitrogens with one attached hydrogen (secondary N) is 1. The Labute approximate surface area is 108 Å². The predicted molar refractivity (Wildman–Crippen MR) is 67.2 cm³/mol. The van der Waals surface area contributed by atoms with Gasteiger partial charge in [-0.3, -0.25) is 9.59 Å². The van der Waals surface area contributed by atoms with Gasteiger partial charge in [-0.05, 0) is 45.3 Å². The van der Waals surface area contributed by atoms with Crippen LogP contribution in [0.15, 0.2) is 0 Å². The lowest BCUT2D eigenvalue weighted by Crippen LogP contribution is -2.34. The van der Waals surface area contributed by atoms with Gasteiger partial charge in [-0.15, -0.1) is 0 Å². The van der Waals surface area contributed by atoms with Crippen molar-refractivity contribution in [3.8, 4) is 0 Å². The number of likely N-dealkylation sites (tertiary alicyclic amines) is 1. The zero-order chi connectivity index (χ0) is 13.0. The fourth-order valence-corrected chi connectivity index (χ4v) is 2.59. The van der Waals surface area contributed by atoms with E-state index in [1.807, 2.05) is 0 Å². The van der Waals surface area contributed by atoms with Crippen LogP contribution in [0.2, 0.25) is 0 Å². The van der Waals surface area contributed by atoms with Gasteiger partial charge in [-0.1, -0.05) is 6.42 Å². The summed E-state index contributed by atoms with van der Waals surface area (Å²) >= 11 is 0. The third-order valence-corrected chi connectivity index (χ3v) is 3.84. The molecule has 0 bridgehead atoms. The molecule has 0 spiro atoms. The van der Waals surface area contributed by atoms with Crippen LogP contribution < -0.4 is 5.32 Å². The number of carboxylic acids is 1. The summed E-state index contributed by atoms with van der Waals surface area (Å²) in [6.45, 7) is 4.06. The molecule has 5 nitrogen and oxygen atoms in total. The molecule has 2 fully saturated rings. The van der Waals surface area contributed by atoms with Crippen LogP contribution in [0.5, 0.6) is 0 Å². The van der Waals surface area contributed by atoms with Gasteiger partial charge in [0.2, 0.25) is 5.91 Å². The van der Waals surface area contributed by atoms with E-state index in [2.05, 4.69) is 10.2 Å². The van der Waals surface area contributed by atoms with Crippen LogP contribution in [-0.4, -0.2) is 48.1 Å². The summed E-state index contributed by atoms with van der Waals surface area (Å²) in [4.78, 5) is 24.6. The third kappa shape index (κ3) is 3.70. The second-order valence-corrected chi connectivity index (χ2v) is 5.33. The minimum Gasteiger partial charge on any atom is -0.481 e. The first-order valence-electron chi connectivity index (χ1n) is 6.91. The van der Waals surface area contributed by atoms with E-state index in [9.17, 15) is 9.59 Å². The SMILES string of the molecule is O=C(O)C1CC1C(=O)NCCCN1CCCCC1. The number of piperidine rings is 1. The minimum absolute atomic E-state index is 0.0824. The molecule has 0 radical (unpaired) electrons. The van der Waals surface area contributed by atoms with Crippen LogP contribution in [0.4, 0.5) is 0 Å². The van der Waals surface area contributed by atoms with E-state index in [4.69, 9.17) is 5.11 Å². The van der Waals surface area contributed by atoms with E-state index in [1.165, 1.54) is 32.4 Å². The molecule has 1 heterocycles. The fraction of sp³-hybridized carbons (Fsp3) is 0.846. The number of hydrogen-bond donors (Lipinski definition) is 2. The molecule has 2 rings (SSSR count). The second kappa shape index (κ2) is 6.18. The molecule has 2 unspecified atom stereocenters. The summed E-state index contributed by atoms with van der Waals surface area (Å²) in [6, 6.07) is 0. The van der Waals surface area contributed by atoms with Gasteiger partial charge in [0.15, 0.2) is 0 Å². The Morgan fingerprint density at radius 2 is 1.89 bits per heavy atom. The quantitative estimate of drug-likeness (QED) is 0.685.